The number of carboxylic acids is 1. The molecule has 102 valence electrons. The summed E-state index contributed by atoms with van der Waals surface area (Å²) in [4.78, 5) is 24.6. The van der Waals surface area contributed by atoms with E-state index < -0.39 is 11.9 Å². The van der Waals surface area contributed by atoms with Crippen LogP contribution >= 0.6 is 0 Å². The Bertz CT molecular complexity index is 524. The Labute approximate surface area is 113 Å². The van der Waals surface area contributed by atoms with E-state index in [1.807, 2.05) is 32.9 Å². The van der Waals surface area contributed by atoms with Crippen molar-refractivity contribution in [2.75, 3.05) is 6.54 Å². The molecule has 0 bridgehead atoms. The standard InChI is InChI=1S/C15H19NO3/c1-9-4-5-13(10(2)6-9)11(3)16-8-12(15(18)19)7-14(16)17/h4-6,11-12H,7-8H2,1-3H3,(H,18,19). The van der Waals surface area contributed by atoms with Gasteiger partial charge in [0.1, 0.15) is 0 Å². The Hall–Kier alpha value is -1.84. The summed E-state index contributed by atoms with van der Waals surface area (Å²) in [5.74, 6) is -1.52. The van der Waals surface area contributed by atoms with Gasteiger partial charge in [0.25, 0.3) is 0 Å². The minimum Gasteiger partial charge on any atom is -0.481 e. The Balaban J connectivity index is 2.22. The van der Waals surface area contributed by atoms with Crippen LogP contribution < -0.4 is 0 Å². The molecule has 1 heterocycles. The molecular formula is C15H19NO3. The molecule has 4 nitrogen and oxygen atoms in total. The lowest BCUT2D eigenvalue weighted by Gasteiger charge is -2.26. The Morgan fingerprint density at radius 3 is 2.63 bits per heavy atom. The first-order valence-electron chi connectivity index (χ1n) is 6.49. The number of likely N-dealkylation sites (tertiary alicyclic amines) is 1. The first-order chi connectivity index (χ1) is 8.90. The summed E-state index contributed by atoms with van der Waals surface area (Å²) in [7, 11) is 0. The molecule has 1 aromatic rings. The number of carboxylic acid groups (broad SMARTS) is 1. The van der Waals surface area contributed by atoms with Crippen molar-refractivity contribution in [3.8, 4) is 0 Å². The number of rotatable bonds is 3. The predicted molar refractivity (Wildman–Crippen MR) is 71.8 cm³/mol. The lowest BCUT2D eigenvalue weighted by molar-refractivity contribution is -0.141. The van der Waals surface area contributed by atoms with E-state index in [9.17, 15) is 9.59 Å². The van der Waals surface area contributed by atoms with E-state index in [-0.39, 0.29) is 18.4 Å². The molecule has 1 N–H and O–H groups in total. The Kier molecular flexibility index (Phi) is 3.60. The molecule has 1 saturated heterocycles. The summed E-state index contributed by atoms with van der Waals surface area (Å²) < 4.78 is 0. The zero-order chi connectivity index (χ0) is 14.2. The molecule has 0 radical (unpaired) electrons. The third-order valence-electron chi connectivity index (χ3n) is 3.85. The van der Waals surface area contributed by atoms with Crippen molar-refractivity contribution < 1.29 is 14.7 Å². The Morgan fingerprint density at radius 1 is 1.42 bits per heavy atom. The van der Waals surface area contributed by atoms with Gasteiger partial charge in [-0.25, -0.2) is 0 Å². The minimum atomic E-state index is -0.885. The fourth-order valence-electron chi connectivity index (χ4n) is 2.73. The molecule has 19 heavy (non-hydrogen) atoms. The van der Waals surface area contributed by atoms with Crippen LogP contribution in [0.3, 0.4) is 0 Å². The molecule has 0 aliphatic carbocycles. The summed E-state index contributed by atoms with van der Waals surface area (Å²) in [5.41, 5.74) is 3.41. The van der Waals surface area contributed by atoms with Crippen LogP contribution in [0.5, 0.6) is 0 Å². The molecule has 1 amide bonds. The van der Waals surface area contributed by atoms with E-state index in [2.05, 4.69) is 6.07 Å². The average molecular weight is 261 g/mol. The highest BCUT2D eigenvalue weighted by molar-refractivity contribution is 5.86. The van der Waals surface area contributed by atoms with E-state index in [0.29, 0.717) is 6.54 Å². The summed E-state index contributed by atoms with van der Waals surface area (Å²) in [6, 6.07) is 6.06. The lowest BCUT2D eigenvalue weighted by atomic mass is 9.99. The highest BCUT2D eigenvalue weighted by atomic mass is 16.4. The van der Waals surface area contributed by atoms with E-state index in [1.54, 1.807) is 4.90 Å². The molecule has 0 saturated carbocycles. The molecule has 1 aliphatic heterocycles. The van der Waals surface area contributed by atoms with Crippen LogP contribution in [0, 0.1) is 19.8 Å². The fraction of sp³-hybridized carbons (Fsp3) is 0.467. The molecule has 2 atom stereocenters. The first-order valence-corrected chi connectivity index (χ1v) is 6.49. The van der Waals surface area contributed by atoms with Crippen molar-refractivity contribution in [3.63, 3.8) is 0 Å². The maximum Gasteiger partial charge on any atom is 0.308 e. The SMILES string of the molecule is Cc1ccc(C(C)N2CC(C(=O)O)CC2=O)c(C)c1. The third kappa shape index (κ3) is 2.62. The van der Waals surface area contributed by atoms with Gasteiger partial charge in [-0.3, -0.25) is 9.59 Å². The molecule has 1 fully saturated rings. The van der Waals surface area contributed by atoms with Crippen LogP contribution in [-0.2, 0) is 9.59 Å². The zero-order valence-corrected chi connectivity index (χ0v) is 11.5. The monoisotopic (exact) mass is 261 g/mol. The van der Waals surface area contributed by atoms with Crippen LogP contribution in [0.15, 0.2) is 18.2 Å². The van der Waals surface area contributed by atoms with Crippen LogP contribution in [0.2, 0.25) is 0 Å². The molecule has 4 heteroatoms. The van der Waals surface area contributed by atoms with Crippen LogP contribution in [0.25, 0.3) is 0 Å². The average Bonchev–Trinajstić information content (AvgIpc) is 2.71. The zero-order valence-electron chi connectivity index (χ0n) is 11.5. The summed E-state index contributed by atoms with van der Waals surface area (Å²) in [6.45, 7) is 6.32. The number of carbonyl (C=O) groups is 2. The van der Waals surface area contributed by atoms with Gasteiger partial charge in [0.05, 0.1) is 12.0 Å². The van der Waals surface area contributed by atoms with E-state index in [0.717, 1.165) is 11.1 Å². The van der Waals surface area contributed by atoms with Crippen molar-refractivity contribution >= 4 is 11.9 Å². The largest absolute Gasteiger partial charge is 0.481 e. The van der Waals surface area contributed by atoms with Crippen LogP contribution in [0.4, 0.5) is 0 Å². The molecule has 0 spiro atoms. The van der Waals surface area contributed by atoms with Crippen molar-refractivity contribution in [2.24, 2.45) is 5.92 Å². The number of amides is 1. The van der Waals surface area contributed by atoms with Gasteiger partial charge in [-0.1, -0.05) is 23.8 Å². The number of hydrogen-bond acceptors (Lipinski definition) is 2. The summed E-state index contributed by atoms with van der Waals surface area (Å²) in [6.07, 6.45) is 0.116. The van der Waals surface area contributed by atoms with Gasteiger partial charge in [0.15, 0.2) is 0 Å². The Morgan fingerprint density at radius 2 is 2.11 bits per heavy atom. The third-order valence-corrected chi connectivity index (χ3v) is 3.85. The van der Waals surface area contributed by atoms with Crippen molar-refractivity contribution in [2.45, 2.75) is 33.2 Å². The van der Waals surface area contributed by atoms with Gasteiger partial charge in [0, 0.05) is 13.0 Å². The molecule has 0 aromatic heterocycles. The maximum atomic E-state index is 11.9. The number of carbonyl (C=O) groups excluding carboxylic acids is 1. The topological polar surface area (TPSA) is 57.6 Å². The van der Waals surface area contributed by atoms with Crippen molar-refractivity contribution in [1.29, 1.82) is 0 Å². The highest BCUT2D eigenvalue weighted by Crippen LogP contribution is 2.30. The van der Waals surface area contributed by atoms with Crippen molar-refractivity contribution in [3.05, 3.63) is 34.9 Å². The molecule has 2 rings (SSSR count). The second-order valence-electron chi connectivity index (χ2n) is 5.32. The van der Waals surface area contributed by atoms with Crippen LogP contribution in [-0.4, -0.2) is 28.4 Å². The van der Waals surface area contributed by atoms with Gasteiger partial charge in [-0.05, 0) is 31.9 Å². The second kappa shape index (κ2) is 5.03. The van der Waals surface area contributed by atoms with Crippen molar-refractivity contribution in [1.82, 2.24) is 4.90 Å². The quantitative estimate of drug-likeness (QED) is 0.908. The van der Waals surface area contributed by atoms with Gasteiger partial charge in [-0.2, -0.15) is 0 Å². The van der Waals surface area contributed by atoms with E-state index in [4.69, 9.17) is 5.11 Å². The number of aryl methyl sites for hydroxylation is 2. The summed E-state index contributed by atoms with van der Waals surface area (Å²) >= 11 is 0. The number of hydrogen-bond donors (Lipinski definition) is 1. The summed E-state index contributed by atoms with van der Waals surface area (Å²) in [5, 5.41) is 9.01. The van der Waals surface area contributed by atoms with Gasteiger partial charge in [0.2, 0.25) is 5.91 Å². The predicted octanol–water partition coefficient (Wildman–Crippen LogP) is 2.30. The fourth-order valence-corrected chi connectivity index (χ4v) is 2.73. The van der Waals surface area contributed by atoms with E-state index in [1.165, 1.54) is 5.56 Å². The van der Waals surface area contributed by atoms with Crippen LogP contribution in [0.1, 0.15) is 36.1 Å². The molecule has 2 unspecified atom stereocenters. The molecule has 1 aromatic carbocycles. The number of nitrogens with zero attached hydrogens (tertiary/aromatic N) is 1. The number of aliphatic carboxylic acids is 1. The normalized spacial score (nSPS) is 20.7. The molecular weight excluding hydrogens is 242 g/mol. The first kappa shape index (κ1) is 13.6. The van der Waals surface area contributed by atoms with Gasteiger partial charge < -0.3 is 10.0 Å². The second-order valence-corrected chi connectivity index (χ2v) is 5.32. The number of benzene rings is 1. The smallest absolute Gasteiger partial charge is 0.308 e. The minimum absolute atomic E-state index is 0.0696. The molecule has 1 aliphatic rings. The van der Waals surface area contributed by atoms with Gasteiger partial charge >= 0.3 is 5.97 Å². The highest BCUT2D eigenvalue weighted by Gasteiger charge is 2.37. The maximum absolute atomic E-state index is 11.9. The van der Waals surface area contributed by atoms with Gasteiger partial charge in [-0.15, -0.1) is 0 Å². The van der Waals surface area contributed by atoms with E-state index >= 15 is 0 Å². The lowest BCUT2D eigenvalue weighted by Crippen LogP contribution is -2.29.